The smallest absolute Gasteiger partial charge is 0.329 e. The third kappa shape index (κ3) is 7.20. The molecule has 3 aromatic rings. The van der Waals surface area contributed by atoms with Gasteiger partial charge in [0.15, 0.2) is 0 Å². The van der Waals surface area contributed by atoms with E-state index in [0.717, 1.165) is 5.56 Å². The molecular formula is C28H31N3O5S. The second-order valence-corrected chi connectivity index (χ2v) is 10.1. The highest BCUT2D eigenvalue weighted by Gasteiger charge is 2.28. The summed E-state index contributed by atoms with van der Waals surface area (Å²) in [5.41, 5.74) is 2.76. The molecule has 9 heteroatoms. The number of benzene rings is 3. The van der Waals surface area contributed by atoms with Gasteiger partial charge in [0.1, 0.15) is 11.8 Å². The molecule has 0 saturated heterocycles. The van der Waals surface area contributed by atoms with Crippen LogP contribution in [0.1, 0.15) is 25.0 Å². The van der Waals surface area contributed by atoms with Crippen LogP contribution in [-0.2, 0) is 21.2 Å². The summed E-state index contributed by atoms with van der Waals surface area (Å²) in [4.78, 5) is 27.9. The number of rotatable bonds is 10. The van der Waals surface area contributed by atoms with Crippen LogP contribution in [0.5, 0.6) is 5.75 Å². The van der Waals surface area contributed by atoms with Crippen LogP contribution in [0, 0.1) is 0 Å². The van der Waals surface area contributed by atoms with E-state index in [2.05, 4.69) is 11.9 Å². The van der Waals surface area contributed by atoms with Crippen molar-refractivity contribution in [3.8, 4) is 5.75 Å². The Morgan fingerprint density at radius 1 is 1.00 bits per heavy atom. The molecule has 0 aliphatic heterocycles. The highest BCUT2D eigenvalue weighted by molar-refractivity contribution is 7.90. The highest BCUT2D eigenvalue weighted by Crippen LogP contribution is 2.21. The van der Waals surface area contributed by atoms with Crippen molar-refractivity contribution in [2.24, 2.45) is 0 Å². The lowest BCUT2D eigenvalue weighted by Crippen LogP contribution is -2.53. The Bertz CT molecular complexity index is 1360. The number of likely N-dealkylation sites (N-methyl/N-ethyl adjacent to an activating group) is 1. The lowest BCUT2D eigenvalue weighted by molar-refractivity contribution is -0.120. The number of amides is 3. The molecule has 1 atom stereocenters. The maximum Gasteiger partial charge on any atom is 0.329 e. The normalized spacial score (nSPS) is 11.8. The van der Waals surface area contributed by atoms with E-state index in [1.165, 1.54) is 17.0 Å². The molecule has 0 spiro atoms. The van der Waals surface area contributed by atoms with Crippen molar-refractivity contribution in [3.05, 3.63) is 96.6 Å². The van der Waals surface area contributed by atoms with E-state index in [-0.39, 0.29) is 17.2 Å². The summed E-state index contributed by atoms with van der Waals surface area (Å²) >= 11 is 0. The second-order valence-electron chi connectivity index (χ2n) is 8.41. The number of urea groups is 1. The molecule has 0 aromatic heterocycles. The zero-order valence-electron chi connectivity index (χ0n) is 21.1. The van der Waals surface area contributed by atoms with Crippen molar-refractivity contribution >= 4 is 33.2 Å². The lowest BCUT2D eigenvalue weighted by Gasteiger charge is -2.27. The molecule has 0 saturated carbocycles. The molecule has 37 heavy (non-hydrogen) atoms. The van der Waals surface area contributed by atoms with Gasteiger partial charge in [-0.05, 0) is 61.4 Å². The average Bonchev–Trinajstić information content (AvgIpc) is 2.89. The molecule has 0 radical (unpaired) electrons. The summed E-state index contributed by atoms with van der Waals surface area (Å²) < 4.78 is 33.0. The summed E-state index contributed by atoms with van der Waals surface area (Å²) in [5, 5.41) is 2.57. The Labute approximate surface area is 218 Å². The molecule has 0 fully saturated rings. The first-order chi connectivity index (χ1) is 17.6. The standard InChI is InChI=1S/C28H31N3O5S/c1-5-31(23-14-16-24(36-4)17-15-23)27(32)26(18-21-10-7-6-8-11-21)29-28(33)30-37(34,35)25-13-9-12-22(19-25)20(2)3/h6-17,19,26H,2,5,18H2,1,3-4H3,(H2,29,30,33)/t26-/m0/s1. The van der Waals surface area contributed by atoms with Gasteiger partial charge < -0.3 is 15.0 Å². The van der Waals surface area contributed by atoms with Gasteiger partial charge in [-0.1, -0.05) is 54.6 Å². The number of methoxy groups -OCH3 is 1. The van der Waals surface area contributed by atoms with Crippen molar-refractivity contribution in [3.63, 3.8) is 0 Å². The van der Waals surface area contributed by atoms with Gasteiger partial charge in [0.25, 0.3) is 10.0 Å². The highest BCUT2D eigenvalue weighted by atomic mass is 32.2. The van der Waals surface area contributed by atoms with Crippen LogP contribution in [0.15, 0.2) is 90.3 Å². The number of allylic oxidation sites excluding steroid dienone is 1. The van der Waals surface area contributed by atoms with Crippen LogP contribution >= 0.6 is 0 Å². The van der Waals surface area contributed by atoms with Crippen molar-refractivity contribution < 1.29 is 22.7 Å². The van der Waals surface area contributed by atoms with E-state index in [0.29, 0.717) is 29.1 Å². The van der Waals surface area contributed by atoms with Gasteiger partial charge in [0, 0.05) is 18.7 Å². The fraction of sp³-hybridized carbons (Fsp3) is 0.214. The second kappa shape index (κ2) is 12.2. The molecule has 0 heterocycles. The topological polar surface area (TPSA) is 105 Å². The van der Waals surface area contributed by atoms with Crippen molar-refractivity contribution in [2.75, 3.05) is 18.6 Å². The van der Waals surface area contributed by atoms with Gasteiger partial charge in [-0.3, -0.25) is 4.79 Å². The van der Waals surface area contributed by atoms with Gasteiger partial charge in [-0.2, -0.15) is 0 Å². The van der Waals surface area contributed by atoms with E-state index in [1.807, 2.05) is 42.0 Å². The number of hydrogen-bond donors (Lipinski definition) is 2. The molecule has 0 aliphatic rings. The molecular weight excluding hydrogens is 490 g/mol. The minimum absolute atomic E-state index is 0.0810. The maximum atomic E-state index is 13.6. The number of sulfonamides is 1. The van der Waals surface area contributed by atoms with Crippen LogP contribution in [-0.4, -0.2) is 40.1 Å². The van der Waals surface area contributed by atoms with Crippen LogP contribution in [0.4, 0.5) is 10.5 Å². The average molecular weight is 522 g/mol. The molecule has 8 nitrogen and oxygen atoms in total. The maximum absolute atomic E-state index is 13.6. The van der Waals surface area contributed by atoms with Crippen LogP contribution in [0.2, 0.25) is 0 Å². The van der Waals surface area contributed by atoms with Crippen LogP contribution in [0.3, 0.4) is 0 Å². The number of carbonyl (C=O) groups is 2. The third-order valence-electron chi connectivity index (χ3n) is 5.72. The van der Waals surface area contributed by atoms with Crippen molar-refractivity contribution in [1.29, 1.82) is 0 Å². The fourth-order valence-corrected chi connectivity index (χ4v) is 4.72. The number of carbonyl (C=O) groups excluding carboxylic acids is 2. The number of ether oxygens (including phenoxy) is 1. The SMILES string of the molecule is C=C(C)c1cccc(S(=O)(=O)NC(=O)N[C@@H](Cc2ccccc2)C(=O)N(CC)c2ccc(OC)cc2)c1. The predicted octanol–water partition coefficient (Wildman–Crippen LogP) is 4.38. The zero-order chi connectivity index (χ0) is 27.0. The summed E-state index contributed by atoms with van der Waals surface area (Å²) in [6.07, 6.45) is 0.172. The Morgan fingerprint density at radius 2 is 1.68 bits per heavy atom. The Kier molecular flexibility index (Phi) is 9.08. The molecule has 3 rings (SSSR count). The van der Waals surface area contributed by atoms with Gasteiger partial charge in [0.05, 0.1) is 12.0 Å². The van der Waals surface area contributed by atoms with E-state index in [1.54, 1.807) is 50.4 Å². The molecule has 0 bridgehead atoms. The molecule has 194 valence electrons. The van der Waals surface area contributed by atoms with Gasteiger partial charge in [-0.15, -0.1) is 0 Å². The third-order valence-corrected chi connectivity index (χ3v) is 7.05. The first-order valence-corrected chi connectivity index (χ1v) is 13.2. The van der Waals surface area contributed by atoms with Gasteiger partial charge in [0.2, 0.25) is 5.91 Å². The number of nitrogens with one attached hydrogen (secondary N) is 2. The zero-order valence-corrected chi connectivity index (χ0v) is 21.9. The molecule has 3 amide bonds. The Hall–Kier alpha value is -4.11. The van der Waals surface area contributed by atoms with Gasteiger partial charge >= 0.3 is 6.03 Å². The van der Waals surface area contributed by atoms with Crippen LogP contribution < -0.4 is 19.7 Å². The summed E-state index contributed by atoms with van der Waals surface area (Å²) in [6.45, 7) is 7.74. The minimum Gasteiger partial charge on any atom is -0.497 e. The van der Waals surface area contributed by atoms with Crippen molar-refractivity contribution in [1.82, 2.24) is 10.0 Å². The van der Waals surface area contributed by atoms with Crippen molar-refractivity contribution in [2.45, 2.75) is 31.2 Å². The first kappa shape index (κ1) is 27.5. The Balaban J connectivity index is 1.85. The van der Waals surface area contributed by atoms with Crippen LogP contribution in [0.25, 0.3) is 5.57 Å². The van der Waals surface area contributed by atoms with E-state index >= 15 is 0 Å². The van der Waals surface area contributed by atoms with Gasteiger partial charge in [-0.25, -0.2) is 17.9 Å². The Morgan fingerprint density at radius 3 is 2.27 bits per heavy atom. The molecule has 0 unspecified atom stereocenters. The molecule has 0 aliphatic carbocycles. The number of hydrogen-bond acceptors (Lipinski definition) is 5. The minimum atomic E-state index is -4.19. The summed E-state index contributed by atoms with van der Waals surface area (Å²) in [7, 11) is -2.63. The number of anilines is 1. The molecule has 2 N–H and O–H groups in total. The first-order valence-electron chi connectivity index (χ1n) is 11.7. The van der Waals surface area contributed by atoms with E-state index in [9.17, 15) is 18.0 Å². The van der Waals surface area contributed by atoms with E-state index in [4.69, 9.17) is 4.74 Å². The predicted molar refractivity (Wildman–Crippen MR) is 145 cm³/mol. The lowest BCUT2D eigenvalue weighted by atomic mass is 10.0. The monoisotopic (exact) mass is 521 g/mol. The summed E-state index contributed by atoms with van der Waals surface area (Å²) in [6, 6.07) is 20.3. The fourth-order valence-electron chi connectivity index (χ4n) is 3.76. The quantitative estimate of drug-likeness (QED) is 0.412. The number of nitrogens with zero attached hydrogens (tertiary/aromatic N) is 1. The largest absolute Gasteiger partial charge is 0.497 e. The summed E-state index contributed by atoms with van der Waals surface area (Å²) in [5.74, 6) is 0.264. The molecule has 3 aromatic carbocycles. The van der Waals surface area contributed by atoms with E-state index < -0.39 is 22.1 Å².